The van der Waals surface area contributed by atoms with Crippen LogP contribution in [0.15, 0.2) is 71.5 Å². The molecule has 4 aromatic rings. The summed E-state index contributed by atoms with van der Waals surface area (Å²) in [7, 11) is 0. The van der Waals surface area contributed by atoms with E-state index >= 15 is 0 Å². The number of hydrogen-bond acceptors (Lipinski definition) is 3. The van der Waals surface area contributed by atoms with E-state index in [0.717, 1.165) is 33.0 Å². The predicted octanol–water partition coefficient (Wildman–Crippen LogP) is 6.66. The van der Waals surface area contributed by atoms with Crippen LogP contribution in [0.25, 0.3) is 22.0 Å². The van der Waals surface area contributed by atoms with E-state index in [-0.39, 0.29) is 0 Å². The number of hydrogen-bond donors (Lipinski definition) is 1. The number of halogens is 2. The van der Waals surface area contributed by atoms with Gasteiger partial charge in [0.05, 0.1) is 5.52 Å². The van der Waals surface area contributed by atoms with Crippen LogP contribution in [0.5, 0.6) is 0 Å². The molecule has 0 aliphatic carbocycles. The second kappa shape index (κ2) is 9.86. The number of nitrogens with zero attached hydrogens (tertiary/aromatic N) is 2. The van der Waals surface area contributed by atoms with Gasteiger partial charge in [0.15, 0.2) is 6.10 Å². The average Bonchev–Trinajstić information content (AvgIpc) is 3.28. The Balaban J connectivity index is 1.77. The summed E-state index contributed by atoms with van der Waals surface area (Å²) in [5, 5.41) is 11.6. The van der Waals surface area contributed by atoms with Gasteiger partial charge in [0, 0.05) is 51.7 Å². The van der Waals surface area contributed by atoms with Crippen molar-refractivity contribution < 1.29 is 14.6 Å². The Hall–Kier alpha value is -2.67. The summed E-state index contributed by atoms with van der Waals surface area (Å²) >= 11 is 9.64. The lowest BCUT2D eigenvalue weighted by Gasteiger charge is -2.22. The number of aromatic nitrogens is 2. The molecule has 1 unspecified atom stereocenters. The molecule has 2 aromatic heterocycles. The minimum Gasteiger partial charge on any atom is -0.479 e. The number of pyridine rings is 1. The summed E-state index contributed by atoms with van der Waals surface area (Å²) < 4.78 is 8.87. The van der Waals surface area contributed by atoms with Gasteiger partial charge in [0.2, 0.25) is 0 Å². The van der Waals surface area contributed by atoms with Crippen LogP contribution in [0.3, 0.4) is 0 Å². The molecule has 0 aliphatic rings. The van der Waals surface area contributed by atoms with E-state index in [4.69, 9.17) is 21.3 Å². The van der Waals surface area contributed by atoms with E-state index in [9.17, 15) is 9.90 Å². The number of benzene rings is 2. The fourth-order valence-electron chi connectivity index (χ4n) is 3.87. The first-order valence-electron chi connectivity index (χ1n) is 10.2. The lowest BCUT2D eigenvalue weighted by Crippen LogP contribution is -2.19. The Kier molecular flexibility index (Phi) is 6.94. The molecule has 7 heteroatoms. The van der Waals surface area contributed by atoms with Crippen LogP contribution in [-0.4, -0.2) is 27.2 Å². The van der Waals surface area contributed by atoms with Gasteiger partial charge >= 0.3 is 5.97 Å². The van der Waals surface area contributed by atoms with Gasteiger partial charge in [0.25, 0.3) is 0 Å². The third kappa shape index (κ3) is 4.88. The number of fused-ring (bicyclic) bond motifs is 1. The van der Waals surface area contributed by atoms with Crippen molar-refractivity contribution in [2.45, 2.75) is 26.0 Å². The number of rotatable bonds is 8. The van der Waals surface area contributed by atoms with Crippen LogP contribution in [-0.2, 0) is 16.1 Å². The van der Waals surface area contributed by atoms with Gasteiger partial charge in [-0.15, -0.1) is 0 Å². The zero-order valence-electron chi connectivity index (χ0n) is 17.5. The Bertz CT molecular complexity index is 1240. The molecule has 0 fully saturated rings. The van der Waals surface area contributed by atoms with E-state index in [1.807, 2.05) is 66.3 Å². The second-order valence-corrected chi connectivity index (χ2v) is 8.87. The van der Waals surface area contributed by atoms with Crippen LogP contribution in [0.4, 0.5) is 0 Å². The SMILES string of the molecule is Cc1nc2ccc(Br)cc2c(-c2ccc(Cl)cc2)c1C(OCCCn1cccc1)C(=O)O. The smallest absolute Gasteiger partial charge is 0.337 e. The summed E-state index contributed by atoms with van der Waals surface area (Å²) in [5.74, 6) is -1.04. The molecule has 164 valence electrons. The standard InChI is InChI=1S/C25H22BrClN2O3/c1-16-22(24(25(30)31)32-14-4-13-29-11-2-3-12-29)23(17-5-8-19(27)9-6-17)20-15-18(26)7-10-21(20)28-16/h2-3,5-12,15,24H,4,13-14H2,1H3,(H,30,31). The minimum absolute atomic E-state index is 0.311. The zero-order valence-corrected chi connectivity index (χ0v) is 19.8. The molecule has 0 spiro atoms. The van der Waals surface area contributed by atoms with Crippen molar-refractivity contribution in [2.24, 2.45) is 0 Å². The van der Waals surface area contributed by atoms with E-state index in [1.54, 1.807) is 12.1 Å². The third-order valence-electron chi connectivity index (χ3n) is 5.31. The molecule has 0 saturated heterocycles. The molecule has 1 N–H and O–H groups in total. The fraction of sp³-hybridized carbons (Fsp3) is 0.200. The number of carbonyl (C=O) groups is 1. The van der Waals surface area contributed by atoms with Crippen molar-refractivity contribution >= 4 is 44.4 Å². The van der Waals surface area contributed by atoms with Crippen LogP contribution >= 0.6 is 27.5 Å². The predicted molar refractivity (Wildman–Crippen MR) is 130 cm³/mol. The molecule has 0 amide bonds. The highest BCUT2D eigenvalue weighted by atomic mass is 79.9. The molecule has 2 heterocycles. The Morgan fingerprint density at radius 2 is 1.91 bits per heavy atom. The van der Waals surface area contributed by atoms with Crippen molar-refractivity contribution in [1.82, 2.24) is 9.55 Å². The Morgan fingerprint density at radius 1 is 1.19 bits per heavy atom. The van der Waals surface area contributed by atoms with Crippen molar-refractivity contribution in [3.8, 4) is 11.1 Å². The first-order valence-corrected chi connectivity index (χ1v) is 11.4. The highest BCUT2D eigenvalue weighted by Crippen LogP contribution is 2.39. The second-order valence-electron chi connectivity index (χ2n) is 7.52. The van der Waals surface area contributed by atoms with E-state index in [0.29, 0.717) is 29.3 Å². The average molecular weight is 514 g/mol. The van der Waals surface area contributed by atoms with Gasteiger partial charge in [-0.05, 0) is 66.9 Å². The molecule has 4 rings (SSSR count). The van der Waals surface area contributed by atoms with Crippen molar-refractivity contribution in [3.05, 3.63) is 87.7 Å². The molecule has 32 heavy (non-hydrogen) atoms. The van der Waals surface area contributed by atoms with Crippen LogP contribution in [0.1, 0.15) is 23.8 Å². The van der Waals surface area contributed by atoms with Gasteiger partial charge in [-0.2, -0.15) is 0 Å². The van der Waals surface area contributed by atoms with E-state index in [1.165, 1.54) is 0 Å². The largest absolute Gasteiger partial charge is 0.479 e. The third-order valence-corrected chi connectivity index (χ3v) is 6.05. The molecule has 1 atom stereocenters. The summed E-state index contributed by atoms with van der Waals surface area (Å²) in [6.45, 7) is 2.89. The highest BCUT2D eigenvalue weighted by Gasteiger charge is 2.28. The molecule has 0 aliphatic heterocycles. The molecular formula is C25H22BrClN2O3. The van der Waals surface area contributed by atoms with Gasteiger partial charge in [-0.3, -0.25) is 4.98 Å². The van der Waals surface area contributed by atoms with Crippen molar-refractivity contribution in [1.29, 1.82) is 0 Å². The van der Waals surface area contributed by atoms with Crippen LogP contribution < -0.4 is 0 Å². The molecule has 5 nitrogen and oxygen atoms in total. The topological polar surface area (TPSA) is 64.4 Å². The van der Waals surface area contributed by atoms with Crippen molar-refractivity contribution in [3.63, 3.8) is 0 Å². The van der Waals surface area contributed by atoms with Crippen LogP contribution in [0, 0.1) is 6.92 Å². The first kappa shape index (κ1) is 22.5. The van der Waals surface area contributed by atoms with Gasteiger partial charge < -0.3 is 14.4 Å². The number of aliphatic carboxylic acids is 1. The minimum atomic E-state index is -1.14. The summed E-state index contributed by atoms with van der Waals surface area (Å²) in [5.41, 5.74) is 3.63. The van der Waals surface area contributed by atoms with Crippen molar-refractivity contribution in [2.75, 3.05) is 6.61 Å². The number of ether oxygens (including phenoxy) is 1. The summed E-state index contributed by atoms with van der Waals surface area (Å²) in [6.07, 6.45) is 3.51. The molecule has 0 bridgehead atoms. The van der Waals surface area contributed by atoms with Crippen LogP contribution in [0.2, 0.25) is 5.02 Å². The normalized spacial score (nSPS) is 12.2. The maximum absolute atomic E-state index is 12.3. The molecule has 0 radical (unpaired) electrons. The molecular weight excluding hydrogens is 492 g/mol. The van der Waals surface area contributed by atoms with E-state index in [2.05, 4.69) is 15.9 Å². The Labute approximate surface area is 199 Å². The number of carboxylic acids is 1. The fourth-order valence-corrected chi connectivity index (χ4v) is 4.35. The van der Waals surface area contributed by atoms with E-state index < -0.39 is 12.1 Å². The molecule has 2 aromatic carbocycles. The lowest BCUT2D eigenvalue weighted by molar-refractivity contribution is -0.151. The molecule has 0 saturated carbocycles. The quantitative estimate of drug-likeness (QED) is 0.268. The van der Waals surface area contributed by atoms with Gasteiger partial charge in [-0.1, -0.05) is 39.7 Å². The zero-order chi connectivity index (χ0) is 22.7. The maximum Gasteiger partial charge on any atom is 0.337 e. The highest BCUT2D eigenvalue weighted by molar-refractivity contribution is 9.10. The number of carboxylic acid groups (broad SMARTS) is 1. The first-order chi connectivity index (χ1) is 15.4. The summed E-state index contributed by atoms with van der Waals surface area (Å²) in [4.78, 5) is 17.0. The lowest BCUT2D eigenvalue weighted by atomic mass is 9.91. The maximum atomic E-state index is 12.3. The van der Waals surface area contributed by atoms with Gasteiger partial charge in [0.1, 0.15) is 0 Å². The number of aryl methyl sites for hydroxylation is 2. The monoisotopic (exact) mass is 512 g/mol. The summed E-state index contributed by atoms with van der Waals surface area (Å²) in [6, 6.07) is 17.1. The Morgan fingerprint density at radius 3 is 2.59 bits per heavy atom. The van der Waals surface area contributed by atoms with Gasteiger partial charge in [-0.25, -0.2) is 4.79 Å².